The third-order valence-corrected chi connectivity index (χ3v) is 3.06. The predicted octanol–water partition coefficient (Wildman–Crippen LogP) is -1.01. The van der Waals surface area contributed by atoms with Crippen LogP contribution in [-0.4, -0.2) is 45.6 Å². The standard InChI is InChI=1S/C11H10N2O6/c14-7-1-2-8(15)12(7)6-5-11(18)13(19)9(16)3-4-10(13)17/h1-2H,3-6H2. The number of hydrogen-bond donors (Lipinski definition) is 0. The summed E-state index contributed by atoms with van der Waals surface area (Å²) in [5.41, 5.74) is 0. The number of nitrogens with zero attached hydrogens (tertiary/aromatic N) is 2. The molecular formula is C11H10N2O6. The van der Waals surface area contributed by atoms with Crippen LogP contribution in [0.4, 0.5) is 0 Å². The smallest absolute Gasteiger partial charge is 0.330 e. The van der Waals surface area contributed by atoms with Crippen LogP contribution in [0.3, 0.4) is 0 Å². The second-order valence-corrected chi connectivity index (χ2v) is 4.20. The van der Waals surface area contributed by atoms with Gasteiger partial charge in [-0.05, 0) is 0 Å². The molecule has 8 heteroatoms. The molecule has 0 aromatic carbocycles. The molecule has 2 heterocycles. The monoisotopic (exact) mass is 266 g/mol. The Bertz CT molecular complexity index is 501. The summed E-state index contributed by atoms with van der Waals surface area (Å²) in [5.74, 6) is -4.30. The van der Waals surface area contributed by atoms with Gasteiger partial charge >= 0.3 is 17.7 Å². The molecule has 0 bridgehead atoms. The zero-order chi connectivity index (χ0) is 14.2. The summed E-state index contributed by atoms with van der Waals surface area (Å²) in [6.45, 7) is -0.313. The molecule has 0 radical (unpaired) electrons. The molecule has 2 rings (SSSR count). The fourth-order valence-electron chi connectivity index (χ4n) is 1.96. The van der Waals surface area contributed by atoms with Gasteiger partial charge in [0.05, 0.1) is 19.3 Å². The Hall–Kier alpha value is -2.19. The Morgan fingerprint density at radius 3 is 2.05 bits per heavy atom. The minimum absolute atomic E-state index is 0.253. The quantitative estimate of drug-likeness (QED) is 0.367. The maximum Gasteiger partial charge on any atom is 0.330 e. The largest absolute Gasteiger partial charge is 0.610 e. The predicted molar refractivity (Wildman–Crippen MR) is 58.4 cm³/mol. The lowest BCUT2D eigenvalue weighted by Crippen LogP contribution is -2.52. The van der Waals surface area contributed by atoms with Gasteiger partial charge in [-0.1, -0.05) is 0 Å². The van der Waals surface area contributed by atoms with Crippen molar-refractivity contribution >= 4 is 29.5 Å². The summed E-state index contributed by atoms with van der Waals surface area (Å²) < 4.78 is -2.11. The van der Waals surface area contributed by atoms with Gasteiger partial charge in [-0.3, -0.25) is 14.5 Å². The van der Waals surface area contributed by atoms with E-state index in [-0.39, 0.29) is 19.4 Å². The van der Waals surface area contributed by atoms with Crippen molar-refractivity contribution in [2.24, 2.45) is 0 Å². The fourth-order valence-corrected chi connectivity index (χ4v) is 1.96. The third-order valence-electron chi connectivity index (χ3n) is 3.06. The highest BCUT2D eigenvalue weighted by Crippen LogP contribution is 2.23. The molecule has 0 N–H and O–H groups in total. The second-order valence-electron chi connectivity index (χ2n) is 4.20. The first-order valence-electron chi connectivity index (χ1n) is 5.61. The molecule has 0 saturated carbocycles. The summed E-state index contributed by atoms with van der Waals surface area (Å²) in [6.07, 6.45) is 1.07. The van der Waals surface area contributed by atoms with Crippen molar-refractivity contribution in [1.29, 1.82) is 0 Å². The number of hydrogen-bond acceptors (Lipinski definition) is 6. The SMILES string of the molecule is O=C1C=CC(=O)N1CCC(=O)[N+]1([O-])C(=O)CCC1=O. The van der Waals surface area contributed by atoms with Crippen molar-refractivity contribution in [2.45, 2.75) is 19.3 Å². The number of carbonyl (C=O) groups is 5. The summed E-state index contributed by atoms with van der Waals surface area (Å²) in [7, 11) is 0. The van der Waals surface area contributed by atoms with E-state index in [1.807, 2.05) is 0 Å². The van der Waals surface area contributed by atoms with E-state index in [0.29, 0.717) is 0 Å². The van der Waals surface area contributed by atoms with E-state index in [2.05, 4.69) is 0 Å². The van der Waals surface area contributed by atoms with Gasteiger partial charge in [0.25, 0.3) is 11.8 Å². The molecule has 1 fully saturated rings. The van der Waals surface area contributed by atoms with Crippen LogP contribution in [0.2, 0.25) is 0 Å². The molecule has 5 amide bonds. The van der Waals surface area contributed by atoms with Crippen molar-refractivity contribution in [2.75, 3.05) is 6.54 Å². The lowest BCUT2D eigenvalue weighted by Gasteiger charge is -2.29. The maximum atomic E-state index is 11.9. The van der Waals surface area contributed by atoms with E-state index >= 15 is 0 Å². The van der Waals surface area contributed by atoms with Crippen molar-refractivity contribution in [3.8, 4) is 0 Å². The molecular weight excluding hydrogens is 256 g/mol. The average molecular weight is 266 g/mol. The highest BCUT2D eigenvalue weighted by atomic mass is 16.6. The van der Waals surface area contributed by atoms with Crippen LogP contribution in [0.5, 0.6) is 0 Å². The van der Waals surface area contributed by atoms with Crippen LogP contribution in [-0.2, 0) is 24.0 Å². The molecule has 2 aliphatic heterocycles. The van der Waals surface area contributed by atoms with E-state index in [9.17, 15) is 29.2 Å². The van der Waals surface area contributed by atoms with Gasteiger partial charge in [-0.25, -0.2) is 14.4 Å². The van der Waals surface area contributed by atoms with Gasteiger partial charge in [-0.15, -0.1) is 0 Å². The highest BCUT2D eigenvalue weighted by molar-refractivity contribution is 6.13. The highest BCUT2D eigenvalue weighted by Gasteiger charge is 2.48. The normalized spacial score (nSPS) is 21.6. The van der Waals surface area contributed by atoms with E-state index in [4.69, 9.17) is 0 Å². The van der Waals surface area contributed by atoms with Gasteiger partial charge in [-0.2, -0.15) is 4.65 Å². The van der Waals surface area contributed by atoms with Crippen LogP contribution < -0.4 is 0 Å². The van der Waals surface area contributed by atoms with E-state index < -0.39 is 40.6 Å². The molecule has 0 atom stereocenters. The van der Waals surface area contributed by atoms with Gasteiger partial charge in [0.15, 0.2) is 0 Å². The van der Waals surface area contributed by atoms with Gasteiger partial charge in [0.2, 0.25) is 0 Å². The minimum Gasteiger partial charge on any atom is -0.610 e. The fraction of sp³-hybridized carbons (Fsp3) is 0.364. The molecule has 0 aromatic rings. The van der Waals surface area contributed by atoms with Gasteiger partial charge < -0.3 is 5.21 Å². The van der Waals surface area contributed by atoms with Gasteiger partial charge in [0, 0.05) is 18.7 Å². The lowest BCUT2D eigenvalue weighted by molar-refractivity contribution is -0.641. The molecule has 1 saturated heterocycles. The number of hydroxylamine groups is 3. The number of carbonyl (C=O) groups excluding carboxylic acids is 5. The third kappa shape index (κ3) is 2.00. The van der Waals surface area contributed by atoms with E-state index in [0.717, 1.165) is 17.1 Å². The minimum atomic E-state index is -2.11. The van der Waals surface area contributed by atoms with Crippen LogP contribution >= 0.6 is 0 Å². The molecule has 0 spiro atoms. The summed E-state index contributed by atoms with van der Waals surface area (Å²) in [6, 6.07) is 0. The van der Waals surface area contributed by atoms with Crippen molar-refractivity contribution in [1.82, 2.24) is 4.90 Å². The Balaban J connectivity index is 2.02. The average Bonchev–Trinajstić information content (AvgIpc) is 2.83. The molecule has 2 aliphatic rings. The molecule has 0 aromatic heterocycles. The summed E-state index contributed by atoms with van der Waals surface area (Å²) in [5, 5.41) is 11.9. The Labute approximate surface area is 107 Å². The van der Waals surface area contributed by atoms with E-state index in [1.54, 1.807) is 0 Å². The van der Waals surface area contributed by atoms with Crippen molar-refractivity contribution < 1.29 is 28.6 Å². The summed E-state index contributed by atoms with van der Waals surface area (Å²) >= 11 is 0. The number of amides is 5. The molecule has 8 nitrogen and oxygen atoms in total. The first-order valence-corrected chi connectivity index (χ1v) is 5.61. The Morgan fingerprint density at radius 2 is 1.58 bits per heavy atom. The first kappa shape index (κ1) is 13.2. The number of likely N-dealkylation sites (tertiary alicyclic amines) is 1. The van der Waals surface area contributed by atoms with Crippen LogP contribution in [0, 0.1) is 5.21 Å². The molecule has 0 unspecified atom stereocenters. The first-order chi connectivity index (χ1) is 8.87. The Morgan fingerprint density at radius 1 is 1.11 bits per heavy atom. The topological polar surface area (TPSA) is 112 Å². The summed E-state index contributed by atoms with van der Waals surface area (Å²) in [4.78, 5) is 57.6. The van der Waals surface area contributed by atoms with E-state index in [1.165, 1.54) is 0 Å². The molecule has 100 valence electrons. The zero-order valence-electron chi connectivity index (χ0n) is 9.83. The number of imide groups is 4. The van der Waals surface area contributed by atoms with Crippen LogP contribution in [0.25, 0.3) is 0 Å². The van der Waals surface area contributed by atoms with Crippen LogP contribution in [0.1, 0.15) is 19.3 Å². The maximum absolute atomic E-state index is 11.9. The Kier molecular flexibility index (Phi) is 3.13. The second kappa shape index (κ2) is 4.48. The number of rotatable bonds is 3. The van der Waals surface area contributed by atoms with Crippen molar-refractivity contribution in [3.63, 3.8) is 0 Å². The van der Waals surface area contributed by atoms with Gasteiger partial charge in [0.1, 0.15) is 0 Å². The zero-order valence-corrected chi connectivity index (χ0v) is 9.83. The molecule has 0 aliphatic carbocycles. The lowest BCUT2D eigenvalue weighted by atomic mass is 10.3. The number of quaternary nitrogens is 1. The van der Waals surface area contributed by atoms with Crippen LogP contribution in [0.15, 0.2) is 12.2 Å². The van der Waals surface area contributed by atoms with Crippen molar-refractivity contribution in [3.05, 3.63) is 17.4 Å². The molecule has 19 heavy (non-hydrogen) atoms.